The number of nitrogens with one attached hydrogen (secondary N) is 2. The summed E-state index contributed by atoms with van der Waals surface area (Å²) in [5.41, 5.74) is 1.07. The molecule has 1 aliphatic carbocycles. The summed E-state index contributed by atoms with van der Waals surface area (Å²) >= 11 is 0. The molecule has 0 radical (unpaired) electrons. The normalized spacial score (nSPS) is 16.7. The lowest BCUT2D eigenvalue weighted by Gasteiger charge is -2.21. The Morgan fingerprint density at radius 3 is 2.64 bits per heavy atom. The SMILES string of the molecule is CN=C(NCC1(c2cccc(F)c2)CC1)NC(C)c1ccc(C)o1.I. The number of aliphatic imine (C=N–C) groups is 1. The van der Waals surface area contributed by atoms with Gasteiger partial charge in [-0.05, 0) is 56.5 Å². The summed E-state index contributed by atoms with van der Waals surface area (Å²) in [6.07, 6.45) is 2.13. The third kappa shape index (κ3) is 4.74. The molecule has 25 heavy (non-hydrogen) atoms. The highest BCUT2D eigenvalue weighted by atomic mass is 127. The van der Waals surface area contributed by atoms with E-state index in [-0.39, 0.29) is 41.3 Å². The van der Waals surface area contributed by atoms with Gasteiger partial charge in [-0.1, -0.05) is 12.1 Å². The van der Waals surface area contributed by atoms with Crippen molar-refractivity contribution in [2.75, 3.05) is 13.6 Å². The Balaban J connectivity index is 0.00000225. The zero-order chi connectivity index (χ0) is 17.2. The van der Waals surface area contributed by atoms with E-state index in [1.165, 1.54) is 6.07 Å². The minimum atomic E-state index is -0.178. The number of halogens is 2. The van der Waals surface area contributed by atoms with Crippen molar-refractivity contribution in [3.05, 3.63) is 59.3 Å². The average molecular weight is 457 g/mol. The number of furan rings is 1. The molecule has 2 aromatic rings. The number of guanidine groups is 1. The first-order valence-electron chi connectivity index (χ1n) is 8.32. The molecule has 0 amide bonds. The highest BCUT2D eigenvalue weighted by Gasteiger charge is 2.44. The molecule has 0 bridgehead atoms. The van der Waals surface area contributed by atoms with Crippen LogP contribution in [0.25, 0.3) is 0 Å². The Kier molecular flexibility index (Phi) is 6.48. The Labute approximate surface area is 165 Å². The smallest absolute Gasteiger partial charge is 0.191 e. The van der Waals surface area contributed by atoms with Crippen LogP contribution in [0.5, 0.6) is 0 Å². The van der Waals surface area contributed by atoms with Crippen LogP contribution >= 0.6 is 24.0 Å². The van der Waals surface area contributed by atoms with Gasteiger partial charge in [0.15, 0.2) is 5.96 Å². The molecular formula is C19H25FIN3O. The van der Waals surface area contributed by atoms with E-state index >= 15 is 0 Å². The molecule has 2 N–H and O–H groups in total. The fourth-order valence-electron chi connectivity index (χ4n) is 2.95. The molecule has 136 valence electrons. The summed E-state index contributed by atoms with van der Waals surface area (Å²) in [5, 5.41) is 6.70. The van der Waals surface area contributed by atoms with Crippen molar-refractivity contribution >= 4 is 29.9 Å². The Bertz CT molecular complexity index is 740. The Morgan fingerprint density at radius 1 is 1.32 bits per heavy atom. The molecule has 6 heteroatoms. The number of benzene rings is 1. The van der Waals surface area contributed by atoms with E-state index in [0.717, 1.165) is 42.4 Å². The van der Waals surface area contributed by atoms with Crippen molar-refractivity contribution in [1.29, 1.82) is 0 Å². The molecule has 0 saturated heterocycles. The lowest BCUT2D eigenvalue weighted by Crippen LogP contribution is -2.42. The van der Waals surface area contributed by atoms with E-state index in [9.17, 15) is 4.39 Å². The van der Waals surface area contributed by atoms with Crippen LogP contribution in [0.2, 0.25) is 0 Å². The van der Waals surface area contributed by atoms with Gasteiger partial charge in [0.1, 0.15) is 17.3 Å². The Morgan fingerprint density at radius 2 is 2.08 bits per heavy atom. The van der Waals surface area contributed by atoms with Gasteiger partial charge in [-0.2, -0.15) is 0 Å². The van der Waals surface area contributed by atoms with Gasteiger partial charge >= 0.3 is 0 Å². The minimum Gasteiger partial charge on any atom is -0.464 e. The van der Waals surface area contributed by atoms with E-state index in [0.29, 0.717) is 0 Å². The van der Waals surface area contributed by atoms with Gasteiger partial charge in [-0.15, -0.1) is 24.0 Å². The van der Waals surface area contributed by atoms with E-state index in [1.54, 1.807) is 19.2 Å². The zero-order valence-electron chi connectivity index (χ0n) is 14.8. The van der Waals surface area contributed by atoms with Crippen LogP contribution in [-0.2, 0) is 5.41 Å². The molecule has 1 aliphatic rings. The summed E-state index contributed by atoms with van der Waals surface area (Å²) < 4.78 is 19.1. The number of nitrogens with zero attached hydrogens (tertiary/aromatic N) is 1. The van der Waals surface area contributed by atoms with Crippen molar-refractivity contribution in [1.82, 2.24) is 10.6 Å². The molecule has 3 rings (SSSR count). The molecule has 1 unspecified atom stereocenters. The van der Waals surface area contributed by atoms with Crippen LogP contribution < -0.4 is 10.6 Å². The van der Waals surface area contributed by atoms with Crippen LogP contribution in [0, 0.1) is 12.7 Å². The monoisotopic (exact) mass is 457 g/mol. The fourth-order valence-corrected chi connectivity index (χ4v) is 2.95. The summed E-state index contributed by atoms with van der Waals surface area (Å²) in [5.74, 6) is 2.31. The maximum absolute atomic E-state index is 13.5. The highest BCUT2D eigenvalue weighted by Crippen LogP contribution is 2.47. The van der Waals surface area contributed by atoms with Crippen molar-refractivity contribution in [3.63, 3.8) is 0 Å². The fraction of sp³-hybridized carbons (Fsp3) is 0.421. The van der Waals surface area contributed by atoms with Gasteiger partial charge in [0.05, 0.1) is 6.04 Å². The molecule has 1 heterocycles. The second-order valence-corrected chi connectivity index (χ2v) is 6.53. The summed E-state index contributed by atoms with van der Waals surface area (Å²) in [7, 11) is 1.75. The summed E-state index contributed by atoms with van der Waals surface area (Å²) in [4.78, 5) is 4.28. The van der Waals surface area contributed by atoms with Crippen molar-refractivity contribution in [3.8, 4) is 0 Å². The van der Waals surface area contributed by atoms with Gasteiger partial charge in [0.25, 0.3) is 0 Å². The second kappa shape index (κ2) is 8.21. The Hall–Kier alpha value is -1.57. The third-order valence-corrected chi connectivity index (χ3v) is 4.65. The third-order valence-electron chi connectivity index (χ3n) is 4.65. The maximum atomic E-state index is 13.5. The van der Waals surface area contributed by atoms with Crippen LogP contribution in [0.15, 0.2) is 45.8 Å². The summed E-state index contributed by atoms with van der Waals surface area (Å²) in [6, 6.07) is 10.8. The first-order chi connectivity index (χ1) is 11.5. The van der Waals surface area contributed by atoms with Crippen molar-refractivity contribution in [2.45, 2.75) is 38.1 Å². The molecule has 1 saturated carbocycles. The van der Waals surface area contributed by atoms with Gasteiger partial charge in [-0.3, -0.25) is 4.99 Å². The standard InChI is InChI=1S/C19H24FN3O.HI/c1-13-7-8-17(24-13)14(2)23-18(21-3)22-12-19(9-10-19)15-5-4-6-16(20)11-15;/h4-8,11,14H,9-10,12H2,1-3H3,(H2,21,22,23);1H. The lowest BCUT2D eigenvalue weighted by atomic mass is 9.96. The van der Waals surface area contributed by atoms with E-state index < -0.39 is 0 Å². The second-order valence-electron chi connectivity index (χ2n) is 6.53. The highest BCUT2D eigenvalue weighted by molar-refractivity contribution is 14.0. The molecule has 0 spiro atoms. The van der Waals surface area contributed by atoms with Crippen LogP contribution in [0.3, 0.4) is 0 Å². The molecule has 1 aromatic carbocycles. The quantitative estimate of drug-likeness (QED) is 0.400. The largest absolute Gasteiger partial charge is 0.464 e. The van der Waals surface area contributed by atoms with Gasteiger partial charge in [0, 0.05) is 19.0 Å². The molecular weight excluding hydrogens is 432 g/mol. The summed E-state index contributed by atoms with van der Waals surface area (Å²) in [6.45, 7) is 4.70. The van der Waals surface area contributed by atoms with E-state index in [2.05, 4.69) is 15.6 Å². The van der Waals surface area contributed by atoms with Gasteiger partial charge in [-0.25, -0.2) is 4.39 Å². The van der Waals surface area contributed by atoms with Crippen LogP contribution in [0.1, 0.15) is 42.9 Å². The van der Waals surface area contributed by atoms with E-state index in [1.807, 2.05) is 32.0 Å². The van der Waals surface area contributed by atoms with Crippen LogP contribution in [0.4, 0.5) is 4.39 Å². The first-order valence-corrected chi connectivity index (χ1v) is 8.32. The average Bonchev–Trinajstić information content (AvgIpc) is 3.24. The number of hydrogen-bond donors (Lipinski definition) is 2. The van der Waals surface area contributed by atoms with Crippen molar-refractivity contribution < 1.29 is 8.81 Å². The van der Waals surface area contributed by atoms with Gasteiger partial charge in [0.2, 0.25) is 0 Å². The van der Waals surface area contributed by atoms with Crippen molar-refractivity contribution in [2.24, 2.45) is 4.99 Å². The topological polar surface area (TPSA) is 49.6 Å². The lowest BCUT2D eigenvalue weighted by molar-refractivity contribution is 0.440. The predicted molar refractivity (Wildman–Crippen MR) is 109 cm³/mol. The molecule has 1 atom stereocenters. The van der Waals surface area contributed by atoms with Gasteiger partial charge < -0.3 is 15.1 Å². The first kappa shape index (κ1) is 19.8. The number of hydrogen-bond acceptors (Lipinski definition) is 2. The molecule has 1 fully saturated rings. The molecule has 4 nitrogen and oxygen atoms in total. The molecule has 0 aliphatic heterocycles. The maximum Gasteiger partial charge on any atom is 0.191 e. The van der Waals surface area contributed by atoms with E-state index in [4.69, 9.17) is 4.42 Å². The zero-order valence-corrected chi connectivity index (χ0v) is 17.1. The predicted octanol–water partition coefficient (Wildman–Crippen LogP) is 4.30. The number of rotatable bonds is 5. The molecule has 1 aromatic heterocycles. The van der Waals surface area contributed by atoms with Crippen LogP contribution in [-0.4, -0.2) is 19.6 Å². The number of aryl methyl sites for hydroxylation is 1. The minimum absolute atomic E-state index is 0.